The number of carboxylic acid groups (broad SMARTS) is 1. The number of likely N-dealkylation sites (tertiary alicyclic amines) is 2. The van der Waals surface area contributed by atoms with E-state index in [1.165, 1.54) is 13.5 Å². The first-order valence-electron chi connectivity index (χ1n) is 7.81. The van der Waals surface area contributed by atoms with Crippen LogP contribution in [0.5, 0.6) is 0 Å². The predicted octanol–water partition coefficient (Wildman–Crippen LogP) is 0.851. The molecule has 4 unspecified atom stereocenters. The van der Waals surface area contributed by atoms with Crippen molar-refractivity contribution < 1.29 is 19.5 Å². The minimum Gasteiger partial charge on any atom is -0.480 e. The zero-order chi connectivity index (χ0) is 15.1. The molecule has 1 N–H and O–H groups in total. The molecule has 6 heteroatoms. The number of hydrogen-bond donors (Lipinski definition) is 1. The van der Waals surface area contributed by atoms with Crippen molar-refractivity contribution in [2.24, 2.45) is 5.92 Å². The lowest BCUT2D eigenvalue weighted by Gasteiger charge is -2.49. The van der Waals surface area contributed by atoms with Gasteiger partial charge in [0, 0.05) is 13.1 Å². The van der Waals surface area contributed by atoms with Crippen molar-refractivity contribution in [3.63, 3.8) is 0 Å². The van der Waals surface area contributed by atoms with Crippen LogP contribution in [0.1, 0.15) is 44.9 Å². The maximum absolute atomic E-state index is 12.3. The van der Waals surface area contributed by atoms with Gasteiger partial charge in [-0.1, -0.05) is 12.8 Å². The minimum atomic E-state index is -0.867. The summed E-state index contributed by atoms with van der Waals surface area (Å²) in [5, 5.41) is 9.53. The molecule has 0 radical (unpaired) electrons. The van der Waals surface area contributed by atoms with Gasteiger partial charge in [-0.15, -0.1) is 0 Å². The Labute approximate surface area is 124 Å². The van der Waals surface area contributed by atoms with Crippen LogP contribution >= 0.6 is 0 Å². The van der Waals surface area contributed by atoms with Crippen LogP contribution in [0.25, 0.3) is 0 Å². The van der Waals surface area contributed by atoms with Gasteiger partial charge >= 0.3 is 5.97 Å². The molecule has 6 nitrogen and oxygen atoms in total. The maximum atomic E-state index is 12.3. The number of piperidine rings is 1. The Balaban J connectivity index is 1.91. The van der Waals surface area contributed by atoms with E-state index in [1.54, 1.807) is 0 Å². The van der Waals surface area contributed by atoms with Crippen LogP contribution in [-0.4, -0.2) is 57.9 Å². The summed E-state index contributed by atoms with van der Waals surface area (Å²) in [6.45, 7) is 0. The van der Waals surface area contributed by atoms with Crippen molar-refractivity contribution in [3.8, 4) is 0 Å². The third-order valence-electron chi connectivity index (χ3n) is 5.43. The Morgan fingerprint density at radius 1 is 1.14 bits per heavy atom. The lowest BCUT2D eigenvalue weighted by molar-refractivity contribution is -0.153. The van der Waals surface area contributed by atoms with E-state index in [0.717, 1.165) is 30.6 Å². The number of amides is 2. The highest BCUT2D eigenvalue weighted by Gasteiger charge is 2.50. The Morgan fingerprint density at radius 3 is 2.48 bits per heavy atom. The summed E-state index contributed by atoms with van der Waals surface area (Å²) < 4.78 is 0. The van der Waals surface area contributed by atoms with Crippen LogP contribution in [0.15, 0.2) is 0 Å². The smallest absolute Gasteiger partial charge is 0.320 e. The van der Waals surface area contributed by atoms with Crippen LogP contribution in [0.4, 0.5) is 0 Å². The second kappa shape index (κ2) is 5.40. The second-order valence-corrected chi connectivity index (χ2v) is 6.50. The Hall–Kier alpha value is -1.43. The molecular formula is C15H22N2O4. The molecular weight excluding hydrogens is 272 g/mol. The number of carboxylic acids is 1. The number of rotatable bonds is 2. The number of imide groups is 1. The minimum absolute atomic E-state index is 0.127. The zero-order valence-corrected chi connectivity index (χ0v) is 12.3. The number of likely N-dealkylation sites (N-methyl/N-ethyl adjacent to an activating group) is 1. The fourth-order valence-corrected chi connectivity index (χ4v) is 4.34. The van der Waals surface area contributed by atoms with E-state index in [9.17, 15) is 19.5 Å². The Kier molecular flexibility index (Phi) is 3.73. The highest BCUT2D eigenvalue weighted by atomic mass is 16.4. The van der Waals surface area contributed by atoms with E-state index >= 15 is 0 Å². The highest BCUT2D eigenvalue weighted by molar-refractivity contribution is 6.05. The molecule has 2 aliphatic heterocycles. The van der Waals surface area contributed by atoms with Gasteiger partial charge < -0.3 is 5.11 Å². The van der Waals surface area contributed by atoms with E-state index in [4.69, 9.17) is 0 Å². The molecule has 0 aromatic carbocycles. The molecule has 2 heterocycles. The molecule has 2 amide bonds. The molecule has 21 heavy (non-hydrogen) atoms. The van der Waals surface area contributed by atoms with Gasteiger partial charge in [0.05, 0.1) is 12.5 Å². The van der Waals surface area contributed by atoms with Crippen molar-refractivity contribution in [2.45, 2.75) is 63.1 Å². The SMILES string of the molecule is CN1C(=O)CC(N2C(C(=O)O)CCC3CCCCC32)C1=O. The zero-order valence-electron chi connectivity index (χ0n) is 12.3. The molecule has 0 spiro atoms. The number of nitrogens with zero attached hydrogens (tertiary/aromatic N) is 2. The van der Waals surface area contributed by atoms with E-state index in [2.05, 4.69) is 0 Å². The fourth-order valence-electron chi connectivity index (χ4n) is 4.34. The molecule has 3 rings (SSSR count). The quantitative estimate of drug-likeness (QED) is 0.764. The van der Waals surface area contributed by atoms with Gasteiger partial charge in [-0.05, 0) is 31.6 Å². The van der Waals surface area contributed by atoms with E-state index in [-0.39, 0.29) is 24.3 Å². The molecule has 3 aliphatic rings. The Bertz CT molecular complexity index is 478. The van der Waals surface area contributed by atoms with Crippen LogP contribution in [0.2, 0.25) is 0 Å². The molecule has 3 fully saturated rings. The summed E-state index contributed by atoms with van der Waals surface area (Å²) in [6.07, 6.45) is 5.94. The largest absolute Gasteiger partial charge is 0.480 e. The number of hydrogen-bond acceptors (Lipinski definition) is 4. The normalized spacial score (nSPS) is 37.7. The average molecular weight is 294 g/mol. The Morgan fingerprint density at radius 2 is 1.86 bits per heavy atom. The van der Waals surface area contributed by atoms with Crippen LogP contribution in [0, 0.1) is 5.92 Å². The molecule has 1 aliphatic carbocycles. The van der Waals surface area contributed by atoms with Crippen molar-refractivity contribution in [2.75, 3.05) is 7.05 Å². The number of fused-ring (bicyclic) bond motifs is 1. The van der Waals surface area contributed by atoms with Gasteiger partial charge in [-0.3, -0.25) is 24.2 Å². The van der Waals surface area contributed by atoms with Crippen LogP contribution in [-0.2, 0) is 14.4 Å². The van der Waals surface area contributed by atoms with E-state index < -0.39 is 18.1 Å². The monoisotopic (exact) mass is 294 g/mol. The van der Waals surface area contributed by atoms with Crippen molar-refractivity contribution in [1.29, 1.82) is 0 Å². The highest BCUT2D eigenvalue weighted by Crippen LogP contribution is 2.40. The maximum Gasteiger partial charge on any atom is 0.320 e. The molecule has 1 saturated carbocycles. The number of carbonyl (C=O) groups is 3. The summed E-state index contributed by atoms with van der Waals surface area (Å²) >= 11 is 0. The predicted molar refractivity (Wildman–Crippen MR) is 74.4 cm³/mol. The van der Waals surface area contributed by atoms with Gasteiger partial charge in [0.1, 0.15) is 6.04 Å². The van der Waals surface area contributed by atoms with Crippen molar-refractivity contribution in [3.05, 3.63) is 0 Å². The topological polar surface area (TPSA) is 77.9 Å². The average Bonchev–Trinajstić information content (AvgIpc) is 2.73. The van der Waals surface area contributed by atoms with Gasteiger partial charge in [-0.2, -0.15) is 0 Å². The van der Waals surface area contributed by atoms with Crippen molar-refractivity contribution in [1.82, 2.24) is 9.80 Å². The molecule has 116 valence electrons. The number of aliphatic carboxylic acids is 1. The van der Waals surface area contributed by atoms with Gasteiger partial charge in [0.25, 0.3) is 0 Å². The van der Waals surface area contributed by atoms with Gasteiger partial charge in [0.2, 0.25) is 11.8 Å². The van der Waals surface area contributed by atoms with Crippen LogP contribution < -0.4 is 0 Å². The van der Waals surface area contributed by atoms with Gasteiger partial charge in [0.15, 0.2) is 0 Å². The standard InChI is InChI=1S/C15H22N2O4/c1-16-13(18)8-12(14(16)19)17-10-5-3-2-4-9(10)6-7-11(17)15(20)21/h9-12H,2-8H2,1H3,(H,20,21). The molecule has 2 saturated heterocycles. The lowest BCUT2D eigenvalue weighted by Crippen LogP contribution is -2.60. The summed E-state index contributed by atoms with van der Waals surface area (Å²) in [7, 11) is 1.49. The molecule has 0 aromatic heterocycles. The first-order valence-corrected chi connectivity index (χ1v) is 7.81. The summed E-state index contributed by atoms with van der Waals surface area (Å²) in [6, 6.07) is -1.06. The summed E-state index contributed by atoms with van der Waals surface area (Å²) in [4.78, 5) is 38.8. The van der Waals surface area contributed by atoms with E-state index in [0.29, 0.717) is 12.3 Å². The molecule has 0 bridgehead atoms. The van der Waals surface area contributed by atoms with Crippen LogP contribution in [0.3, 0.4) is 0 Å². The molecule has 4 atom stereocenters. The fraction of sp³-hybridized carbons (Fsp3) is 0.800. The first kappa shape index (κ1) is 14.5. The van der Waals surface area contributed by atoms with Gasteiger partial charge in [-0.25, -0.2) is 0 Å². The first-order chi connectivity index (χ1) is 10.0. The number of carbonyl (C=O) groups excluding carboxylic acids is 2. The lowest BCUT2D eigenvalue weighted by atomic mass is 9.75. The summed E-state index contributed by atoms with van der Waals surface area (Å²) in [5.41, 5.74) is 0. The third-order valence-corrected chi connectivity index (χ3v) is 5.43. The third kappa shape index (κ3) is 2.35. The van der Waals surface area contributed by atoms with Crippen molar-refractivity contribution >= 4 is 17.8 Å². The van der Waals surface area contributed by atoms with E-state index in [1.807, 2.05) is 4.90 Å². The summed E-state index contributed by atoms with van der Waals surface area (Å²) in [5.74, 6) is -0.832. The molecule has 0 aromatic rings. The second-order valence-electron chi connectivity index (χ2n) is 6.50.